The van der Waals surface area contributed by atoms with E-state index in [2.05, 4.69) is 5.32 Å². The maximum atomic E-state index is 12.0. The number of fused-ring (bicyclic) bond motifs is 1. The molecule has 7 nitrogen and oxygen atoms in total. The van der Waals surface area contributed by atoms with Crippen molar-refractivity contribution in [3.63, 3.8) is 0 Å². The van der Waals surface area contributed by atoms with Gasteiger partial charge in [-0.15, -0.1) is 0 Å². The van der Waals surface area contributed by atoms with Gasteiger partial charge in [-0.1, -0.05) is 12.1 Å². The zero-order valence-electron chi connectivity index (χ0n) is 12.7. The molecule has 2 N–H and O–H groups in total. The molecule has 0 aliphatic carbocycles. The Labute approximate surface area is 137 Å². The van der Waals surface area contributed by atoms with Crippen molar-refractivity contribution in [2.75, 3.05) is 25.1 Å². The number of carboxylic acid groups (broad SMARTS) is 1. The highest BCUT2D eigenvalue weighted by atomic mass is 16.6. The standard InChI is InChI=1S/C17H15NO6/c19-16(10-24-13-4-2-1-3-12(13)17(20)21)18-11-5-6-14-15(9-11)23-8-7-22-14/h1-6,9H,7-8,10H2,(H,18,19)(H,20,21). The Bertz CT molecular complexity index is 773. The van der Waals surface area contributed by atoms with Crippen LogP contribution < -0.4 is 19.5 Å². The normalized spacial score (nSPS) is 12.3. The summed E-state index contributed by atoms with van der Waals surface area (Å²) >= 11 is 0. The molecule has 0 bridgehead atoms. The van der Waals surface area contributed by atoms with Crippen LogP contribution >= 0.6 is 0 Å². The first-order valence-corrected chi connectivity index (χ1v) is 7.28. The Morgan fingerprint density at radius 1 is 1.08 bits per heavy atom. The van der Waals surface area contributed by atoms with Crippen molar-refractivity contribution in [2.45, 2.75) is 0 Å². The highest BCUT2D eigenvalue weighted by molar-refractivity contribution is 5.93. The largest absolute Gasteiger partial charge is 0.486 e. The highest BCUT2D eigenvalue weighted by Gasteiger charge is 2.14. The van der Waals surface area contributed by atoms with Crippen molar-refractivity contribution >= 4 is 17.6 Å². The topological polar surface area (TPSA) is 94.1 Å². The molecule has 0 fully saturated rings. The molecule has 1 amide bonds. The van der Waals surface area contributed by atoms with Gasteiger partial charge in [0.2, 0.25) is 0 Å². The van der Waals surface area contributed by atoms with Crippen LogP contribution in [0.3, 0.4) is 0 Å². The second kappa shape index (κ2) is 6.91. The summed E-state index contributed by atoms with van der Waals surface area (Å²) in [6, 6.07) is 11.2. The van der Waals surface area contributed by atoms with Gasteiger partial charge in [0.1, 0.15) is 24.5 Å². The Morgan fingerprint density at radius 2 is 1.83 bits per heavy atom. The minimum absolute atomic E-state index is 0.00429. The first-order valence-electron chi connectivity index (χ1n) is 7.28. The average Bonchev–Trinajstić information content (AvgIpc) is 2.60. The lowest BCUT2D eigenvalue weighted by atomic mass is 10.2. The summed E-state index contributed by atoms with van der Waals surface area (Å²) in [5.41, 5.74) is 0.545. The number of aromatic carboxylic acids is 1. The predicted octanol–water partition coefficient (Wildman–Crippen LogP) is 2.17. The molecule has 0 radical (unpaired) electrons. The predicted molar refractivity (Wildman–Crippen MR) is 85.0 cm³/mol. The van der Waals surface area contributed by atoms with Gasteiger partial charge in [-0.25, -0.2) is 4.79 Å². The fourth-order valence-corrected chi connectivity index (χ4v) is 2.23. The Balaban J connectivity index is 1.61. The van der Waals surface area contributed by atoms with Gasteiger partial charge in [0.15, 0.2) is 18.1 Å². The highest BCUT2D eigenvalue weighted by Crippen LogP contribution is 2.32. The van der Waals surface area contributed by atoms with E-state index in [0.717, 1.165) is 0 Å². The second-order valence-corrected chi connectivity index (χ2v) is 5.00. The number of benzene rings is 2. The van der Waals surface area contributed by atoms with E-state index in [4.69, 9.17) is 19.3 Å². The molecule has 0 atom stereocenters. The summed E-state index contributed by atoms with van der Waals surface area (Å²) in [6.07, 6.45) is 0. The van der Waals surface area contributed by atoms with Crippen LogP contribution in [0.1, 0.15) is 10.4 Å². The van der Waals surface area contributed by atoms with Crippen LogP contribution in [-0.2, 0) is 4.79 Å². The maximum Gasteiger partial charge on any atom is 0.339 e. The molecule has 0 spiro atoms. The Kier molecular flexibility index (Phi) is 4.51. The number of carboxylic acids is 1. The summed E-state index contributed by atoms with van der Waals surface area (Å²) in [6.45, 7) is 0.647. The molecule has 2 aromatic rings. The summed E-state index contributed by atoms with van der Waals surface area (Å²) in [7, 11) is 0. The number of para-hydroxylation sites is 1. The van der Waals surface area contributed by atoms with E-state index in [1.807, 2.05) is 0 Å². The zero-order valence-corrected chi connectivity index (χ0v) is 12.7. The van der Waals surface area contributed by atoms with Crippen LogP contribution in [0.25, 0.3) is 0 Å². The quantitative estimate of drug-likeness (QED) is 0.873. The van der Waals surface area contributed by atoms with Crippen LogP contribution in [0.2, 0.25) is 0 Å². The molecule has 1 aliphatic rings. The molecule has 0 unspecified atom stereocenters. The number of hydrogen-bond acceptors (Lipinski definition) is 5. The van der Waals surface area contributed by atoms with Gasteiger partial charge >= 0.3 is 5.97 Å². The molecule has 2 aromatic carbocycles. The Morgan fingerprint density at radius 3 is 2.62 bits per heavy atom. The number of rotatable bonds is 5. The minimum Gasteiger partial charge on any atom is -0.486 e. The van der Waals surface area contributed by atoms with Crippen molar-refractivity contribution in [3.8, 4) is 17.2 Å². The van der Waals surface area contributed by atoms with Gasteiger partial charge in [0, 0.05) is 11.8 Å². The Hall–Kier alpha value is -3.22. The third kappa shape index (κ3) is 3.57. The monoisotopic (exact) mass is 329 g/mol. The molecular weight excluding hydrogens is 314 g/mol. The van der Waals surface area contributed by atoms with E-state index < -0.39 is 11.9 Å². The molecule has 1 aliphatic heterocycles. The van der Waals surface area contributed by atoms with Crippen LogP contribution in [0, 0.1) is 0 Å². The second-order valence-electron chi connectivity index (χ2n) is 5.00. The van der Waals surface area contributed by atoms with Crippen LogP contribution in [0.15, 0.2) is 42.5 Å². The lowest BCUT2D eigenvalue weighted by Crippen LogP contribution is -2.21. The fourth-order valence-electron chi connectivity index (χ4n) is 2.23. The van der Waals surface area contributed by atoms with E-state index in [1.165, 1.54) is 12.1 Å². The van der Waals surface area contributed by atoms with Gasteiger partial charge in [-0.05, 0) is 24.3 Å². The van der Waals surface area contributed by atoms with Gasteiger partial charge in [0.05, 0.1) is 0 Å². The first kappa shape index (κ1) is 15.7. The van der Waals surface area contributed by atoms with Crippen LogP contribution in [0.5, 0.6) is 17.2 Å². The summed E-state index contributed by atoms with van der Waals surface area (Å²) in [5, 5.41) is 11.7. The lowest BCUT2D eigenvalue weighted by Gasteiger charge is -2.19. The minimum atomic E-state index is -1.11. The summed E-state index contributed by atoms with van der Waals surface area (Å²) in [5.74, 6) is -0.186. The molecule has 124 valence electrons. The van der Waals surface area contributed by atoms with Crippen LogP contribution in [-0.4, -0.2) is 36.8 Å². The number of anilines is 1. The fraction of sp³-hybridized carbons (Fsp3) is 0.176. The van der Waals surface area contributed by atoms with Crippen molar-refractivity contribution < 1.29 is 28.9 Å². The lowest BCUT2D eigenvalue weighted by molar-refractivity contribution is -0.118. The summed E-state index contributed by atoms with van der Waals surface area (Å²) in [4.78, 5) is 23.1. The number of nitrogens with one attached hydrogen (secondary N) is 1. The first-order chi connectivity index (χ1) is 11.6. The van der Waals surface area contributed by atoms with E-state index in [0.29, 0.717) is 30.4 Å². The molecule has 0 aromatic heterocycles. The number of ether oxygens (including phenoxy) is 3. The number of hydrogen-bond donors (Lipinski definition) is 2. The van der Waals surface area contributed by atoms with Crippen LogP contribution in [0.4, 0.5) is 5.69 Å². The maximum absolute atomic E-state index is 12.0. The van der Waals surface area contributed by atoms with Crippen molar-refractivity contribution in [2.24, 2.45) is 0 Å². The SMILES string of the molecule is O=C(COc1ccccc1C(=O)O)Nc1ccc2c(c1)OCCO2. The molecule has 24 heavy (non-hydrogen) atoms. The number of carbonyl (C=O) groups excluding carboxylic acids is 1. The van der Waals surface area contributed by atoms with Gasteiger partial charge < -0.3 is 24.6 Å². The molecular formula is C17H15NO6. The van der Waals surface area contributed by atoms with E-state index in [1.54, 1.807) is 30.3 Å². The van der Waals surface area contributed by atoms with E-state index >= 15 is 0 Å². The molecule has 1 heterocycles. The van der Waals surface area contributed by atoms with Gasteiger partial charge in [-0.3, -0.25) is 4.79 Å². The molecule has 3 rings (SSSR count). The van der Waals surface area contributed by atoms with Crippen molar-refractivity contribution in [3.05, 3.63) is 48.0 Å². The van der Waals surface area contributed by atoms with Crippen molar-refractivity contribution in [1.29, 1.82) is 0 Å². The third-order valence-electron chi connectivity index (χ3n) is 3.30. The number of amides is 1. The van der Waals surface area contributed by atoms with Crippen molar-refractivity contribution in [1.82, 2.24) is 0 Å². The zero-order chi connectivity index (χ0) is 16.9. The summed E-state index contributed by atoms with van der Waals surface area (Å²) < 4.78 is 16.1. The van der Waals surface area contributed by atoms with Gasteiger partial charge in [-0.2, -0.15) is 0 Å². The average molecular weight is 329 g/mol. The molecule has 7 heteroatoms. The molecule has 0 saturated carbocycles. The smallest absolute Gasteiger partial charge is 0.339 e. The molecule has 0 saturated heterocycles. The number of carbonyl (C=O) groups is 2. The van der Waals surface area contributed by atoms with Gasteiger partial charge in [0.25, 0.3) is 5.91 Å². The van der Waals surface area contributed by atoms with E-state index in [9.17, 15) is 9.59 Å². The van der Waals surface area contributed by atoms with E-state index in [-0.39, 0.29) is 17.9 Å². The third-order valence-corrected chi connectivity index (χ3v) is 3.30.